The number of aromatic nitrogens is 2. The molecule has 0 aliphatic rings. The average molecular weight is 345 g/mol. The summed E-state index contributed by atoms with van der Waals surface area (Å²) >= 11 is 2.87. The highest BCUT2D eigenvalue weighted by Gasteiger charge is 2.10. The summed E-state index contributed by atoms with van der Waals surface area (Å²) in [5, 5.41) is 13.2. The Hall–Kier alpha value is -2.12. The lowest BCUT2D eigenvalue weighted by Gasteiger charge is -2.01. The van der Waals surface area contributed by atoms with Gasteiger partial charge in [0.05, 0.1) is 18.7 Å². The summed E-state index contributed by atoms with van der Waals surface area (Å²) in [6.45, 7) is 0.556. The molecule has 2 heterocycles. The number of nitrogens with zero attached hydrogens (tertiary/aromatic N) is 2. The summed E-state index contributed by atoms with van der Waals surface area (Å²) in [6, 6.07) is 13.9. The van der Waals surface area contributed by atoms with Crippen LogP contribution in [-0.2, 0) is 17.8 Å². The quantitative estimate of drug-likeness (QED) is 0.666. The van der Waals surface area contributed by atoms with Gasteiger partial charge in [-0.1, -0.05) is 48.2 Å². The highest BCUT2D eigenvalue weighted by Crippen LogP contribution is 2.17. The third-order valence-corrected chi connectivity index (χ3v) is 4.71. The Bertz CT molecular complexity index is 742. The molecule has 7 heteroatoms. The van der Waals surface area contributed by atoms with Crippen LogP contribution in [0.4, 0.5) is 0 Å². The van der Waals surface area contributed by atoms with E-state index in [1.54, 1.807) is 11.3 Å². The van der Waals surface area contributed by atoms with Crippen LogP contribution in [0.15, 0.2) is 57.5 Å². The van der Waals surface area contributed by atoms with Crippen LogP contribution in [0.3, 0.4) is 0 Å². The van der Waals surface area contributed by atoms with Crippen LogP contribution in [0.25, 0.3) is 0 Å². The molecule has 23 heavy (non-hydrogen) atoms. The highest BCUT2D eigenvalue weighted by molar-refractivity contribution is 7.99. The van der Waals surface area contributed by atoms with Gasteiger partial charge in [-0.3, -0.25) is 4.79 Å². The van der Waals surface area contributed by atoms with Crippen molar-refractivity contribution < 1.29 is 9.21 Å². The van der Waals surface area contributed by atoms with Crippen molar-refractivity contribution in [3.8, 4) is 0 Å². The molecule has 0 unspecified atom stereocenters. The van der Waals surface area contributed by atoms with Crippen molar-refractivity contribution in [1.82, 2.24) is 15.5 Å². The molecule has 3 rings (SSSR count). The zero-order chi connectivity index (χ0) is 15.9. The SMILES string of the molecule is O=C(CSc1nnc(Cc2ccccc2)o1)NCc1cccs1. The van der Waals surface area contributed by atoms with Gasteiger partial charge in [0.25, 0.3) is 5.22 Å². The highest BCUT2D eigenvalue weighted by atomic mass is 32.2. The molecule has 1 aromatic carbocycles. The Balaban J connectivity index is 1.44. The van der Waals surface area contributed by atoms with Crippen molar-refractivity contribution in [2.24, 2.45) is 0 Å². The molecule has 5 nitrogen and oxygen atoms in total. The number of rotatable bonds is 7. The van der Waals surface area contributed by atoms with Crippen molar-refractivity contribution >= 4 is 29.0 Å². The number of thioether (sulfide) groups is 1. The summed E-state index contributed by atoms with van der Waals surface area (Å²) in [5.41, 5.74) is 1.11. The van der Waals surface area contributed by atoms with E-state index in [9.17, 15) is 4.79 Å². The molecule has 3 aromatic rings. The van der Waals surface area contributed by atoms with E-state index in [1.165, 1.54) is 11.8 Å². The maximum Gasteiger partial charge on any atom is 0.277 e. The molecule has 0 saturated heterocycles. The predicted molar refractivity (Wildman–Crippen MR) is 90.4 cm³/mol. The third kappa shape index (κ3) is 4.94. The van der Waals surface area contributed by atoms with Crippen LogP contribution in [0.2, 0.25) is 0 Å². The Morgan fingerprint density at radius 2 is 2.04 bits per heavy atom. The van der Waals surface area contributed by atoms with E-state index >= 15 is 0 Å². The van der Waals surface area contributed by atoms with Gasteiger partial charge in [-0.15, -0.1) is 21.5 Å². The number of amides is 1. The van der Waals surface area contributed by atoms with E-state index in [4.69, 9.17) is 4.42 Å². The zero-order valence-electron chi connectivity index (χ0n) is 12.3. The Labute approximate surface area is 142 Å². The standard InChI is InChI=1S/C16H15N3O2S2/c20-14(17-10-13-7-4-8-22-13)11-23-16-19-18-15(21-16)9-12-5-2-1-3-6-12/h1-8H,9-11H2,(H,17,20). The number of thiophene rings is 1. The van der Waals surface area contributed by atoms with Crippen molar-refractivity contribution in [1.29, 1.82) is 0 Å². The molecule has 0 saturated carbocycles. The molecule has 0 aliphatic heterocycles. The molecule has 2 aromatic heterocycles. The number of nitrogens with one attached hydrogen (secondary N) is 1. The smallest absolute Gasteiger partial charge is 0.277 e. The summed E-state index contributed by atoms with van der Waals surface area (Å²) in [7, 11) is 0. The molecule has 1 N–H and O–H groups in total. The maximum absolute atomic E-state index is 11.8. The zero-order valence-corrected chi connectivity index (χ0v) is 13.9. The summed E-state index contributed by atoms with van der Waals surface area (Å²) in [6.07, 6.45) is 0.596. The predicted octanol–water partition coefficient (Wildman–Crippen LogP) is 3.13. The van der Waals surface area contributed by atoms with Crippen molar-refractivity contribution in [3.63, 3.8) is 0 Å². The number of benzene rings is 1. The molecule has 0 aliphatic carbocycles. The van der Waals surface area contributed by atoms with Crippen LogP contribution in [-0.4, -0.2) is 21.9 Å². The molecular formula is C16H15N3O2S2. The number of carbonyl (C=O) groups excluding carboxylic acids is 1. The molecule has 1 amide bonds. The number of hydrogen-bond donors (Lipinski definition) is 1. The minimum absolute atomic E-state index is 0.0498. The lowest BCUT2D eigenvalue weighted by Crippen LogP contribution is -2.24. The van der Waals surface area contributed by atoms with Gasteiger partial charge in [0, 0.05) is 4.88 Å². The largest absolute Gasteiger partial charge is 0.416 e. The lowest BCUT2D eigenvalue weighted by atomic mass is 10.2. The van der Waals surface area contributed by atoms with E-state index < -0.39 is 0 Å². The molecule has 0 fully saturated rings. The maximum atomic E-state index is 11.8. The van der Waals surface area contributed by atoms with E-state index in [0.717, 1.165) is 10.4 Å². The topological polar surface area (TPSA) is 68.0 Å². The van der Waals surface area contributed by atoms with Gasteiger partial charge in [0.1, 0.15) is 0 Å². The van der Waals surface area contributed by atoms with E-state index in [0.29, 0.717) is 24.1 Å². The number of hydrogen-bond acceptors (Lipinski definition) is 6. The Kier molecular flexibility index (Phi) is 5.44. The van der Waals surface area contributed by atoms with Crippen LogP contribution in [0.5, 0.6) is 0 Å². The van der Waals surface area contributed by atoms with E-state index in [-0.39, 0.29) is 11.7 Å². The van der Waals surface area contributed by atoms with Gasteiger partial charge in [-0.25, -0.2) is 0 Å². The van der Waals surface area contributed by atoms with Gasteiger partial charge in [-0.05, 0) is 17.0 Å². The summed E-state index contributed by atoms with van der Waals surface area (Å²) in [4.78, 5) is 12.9. The minimum atomic E-state index is -0.0498. The minimum Gasteiger partial charge on any atom is -0.416 e. The summed E-state index contributed by atoms with van der Waals surface area (Å²) < 4.78 is 5.55. The lowest BCUT2D eigenvalue weighted by molar-refractivity contribution is -0.118. The fourth-order valence-corrected chi connectivity index (χ4v) is 3.17. The van der Waals surface area contributed by atoms with Gasteiger partial charge in [-0.2, -0.15) is 0 Å². The first-order valence-corrected chi connectivity index (χ1v) is 8.94. The van der Waals surface area contributed by atoms with Crippen LogP contribution < -0.4 is 5.32 Å². The van der Waals surface area contributed by atoms with E-state index in [2.05, 4.69) is 15.5 Å². The molecule has 118 valence electrons. The fraction of sp³-hybridized carbons (Fsp3) is 0.188. The van der Waals surface area contributed by atoms with Gasteiger partial charge in [0.2, 0.25) is 11.8 Å². The number of carbonyl (C=O) groups is 1. The first-order valence-electron chi connectivity index (χ1n) is 7.08. The second-order valence-electron chi connectivity index (χ2n) is 4.77. The molecular weight excluding hydrogens is 330 g/mol. The van der Waals surface area contributed by atoms with Crippen LogP contribution >= 0.6 is 23.1 Å². The van der Waals surface area contributed by atoms with Crippen molar-refractivity contribution in [3.05, 3.63) is 64.2 Å². The molecule has 0 spiro atoms. The Morgan fingerprint density at radius 3 is 2.83 bits per heavy atom. The fourth-order valence-electron chi connectivity index (χ4n) is 1.92. The van der Waals surface area contributed by atoms with Crippen LogP contribution in [0, 0.1) is 0 Å². The average Bonchev–Trinajstić information content (AvgIpc) is 3.24. The normalized spacial score (nSPS) is 10.6. The van der Waals surface area contributed by atoms with Gasteiger partial charge in [0.15, 0.2) is 0 Å². The first kappa shape index (κ1) is 15.8. The monoisotopic (exact) mass is 345 g/mol. The second-order valence-corrected chi connectivity index (χ2v) is 6.73. The van der Waals surface area contributed by atoms with Crippen molar-refractivity contribution in [2.45, 2.75) is 18.2 Å². The molecule has 0 atom stereocenters. The van der Waals surface area contributed by atoms with Crippen molar-refractivity contribution in [2.75, 3.05) is 5.75 Å². The Morgan fingerprint density at radius 1 is 1.17 bits per heavy atom. The third-order valence-electron chi connectivity index (χ3n) is 3.01. The second kappa shape index (κ2) is 7.94. The summed E-state index contributed by atoms with van der Waals surface area (Å²) in [5.74, 6) is 0.766. The molecule has 0 bridgehead atoms. The van der Waals surface area contributed by atoms with Crippen LogP contribution in [0.1, 0.15) is 16.3 Å². The van der Waals surface area contributed by atoms with Gasteiger partial charge < -0.3 is 9.73 Å². The molecule has 0 radical (unpaired) electrons. The van der Waals surface area contributed by atoms with Gasteiger partial charge >= 0.3 is 0 Å². The first-order chi connectivity index (χ1) is 11.3. The van der Waals surface area contributed by atoms with E-state index in [1.807, 2.05) is 47.8 Å².